The minimum absolute atomic E-state index is 0.00253. The first kappa shape index (κ1) is 22.4. The quantitative estimate of drug-likeness (QED) is 0.463. The number of ether oxygens (including phenoxy) is 1. The van der Waals surface area contributed by atoms with Crippen LogP contribution in [-0.4, -0.2) is 44.3 Å². The van der Waals surface area contributed by atoms with Crippen molar-refractivity contribution in [3.63, 3.8) is 0 Å². The normalized spacial score (nSPS) is 17.9. The molecule has 0 N–H and O–H groups in total. The number of carbonyl (C=O) groups is 2. The summed E-state index contributed by atoms with van der Waals surface area (Å²) in [4.78, 5) is 26.6. The molecule has 5 nitrogen and oxygen atoms in total. The van der Waals surface area contributed by atoms with Crippen LogP contribution in [0.4, 0.5) is 4.39 Å². The van der Waals surface area contributed by atoms with Gasteiger partial charge in [0.15, 0.2) is 8.32 Å². The van der Waals surface area contributed by atoms with Gasteiger partial charge in [0.25, 0.3) is 5.91 Å². The van der Waals surface area contributed by atoms with E-state index in [-0.39, 0.29) is 22.6 Å². The fraction of sp³-hybridized carbons (Fsp3) is 0.360. The third-order valence-electron chi connectivity index (χ3n) is 6.54. The Bertz CT molecular complexity index is 1110. The van der Waals surface area contributed by atoms with Gasteiger partial charge in [-0.1, -0.05) is 45.0 Å². The van der Waals surface area contributed by atoms with Crippen LogP contribution in [0.5, 0.6) is 0 Å². The number of rotatable bonds is 4. The molecule has 0 saturated carbocycles. The molecule has 2 heterocycles. The molecule has 0 aliphatic carbocycles. The lowest BCUT2D eigenvalue weighted by atomic mass is 10.0. The number of halogens is 1. The number of amides is 1. The summed E-state index contributed by atoms with van der Waals surface area (Å²) in [6.45, 7) is 11.8. The van der Waals surface area contributed by atoms with Crippen LogP contribution >= 0.6 is 0 Å². The van der Waals surface area contributed by atoms with Crippen molar-refractivity contribution >= 4 is 32.0 Å². The molecule has 168 valence electrons. The third-order valence-corrected chi connectivity index (χ3v) is 11.1. The largest absolute Gasteiger partial charge is 0.422 e. The first-order valence-electron chi connectivity index (χ1n) is 10.8. The molecule has 0 radical (unpaired) electrons. The molecule has 2 aliphatic heterocycles. The molecule has 2 aromatic rings. The van der Waals surface area contributed by atoms with E-state index in [4.69, 9.17) is 9.16 Å². The number of fused-ring (bicyclic) bond motifs is 1. The second-order valence-corrected chi connectivity index (χ2v) is 14.6. The topological polar surface area (TPSA) is 55.8 Å². The van der Waals surface area contributed by atoms with Crippen LogP contribution in [0, 0.1) is 5.82 Å². The average molecular weight is 454 g/mol. The van der Waals surface area contributed by atoms with E-state index in [1.165, 1.54) is 12.1 Å². The van der Waals surface area contributed by atoms with Crippen molar-refractivity contribution in [2.45, 2.75) is 45.0 Å². The Labute approximate surface area is 189 Å². The highest BCUT2D eigenvalue weighted by Gasteiger charge is 2.43. The lowest BCUT2D eigenvalue weighted by Crippen LogP contribution is -2.59. The van der Waals surface area contributed by atoms with Crippen molar-refractivity contribution in [2.75, 3.05) is 13.1 Å². The molecule has 0 atom stereocenters. The fourth-order valence-electron chi connectivity index (χ4n) is 3.58. The first-order chi connectivity index (χ1) is 15.0. The maximum Gasteiger partial charge on any atom is 0.344 e. The number of benzene rings is 2. The maximum absolute atomic E-state index is 14.5. The highest BCUT2D eigenvalue weighted by molar-refractivity contribution is 6.74. The van der Waals surface area contributed by atoms with Gasteiger partial charge in [-0.15, -0.1) is 0 Å². The van der Waals surface area contributed by atoms with Crippen molar-refractivity contribution in [1.82, 2.24) is 4.90 Å². The highest BCUT2D eigenvalue weighted by Crippen LogP contribution is 2.38. The summed E-state index contributed by atoms with van der Waals surface area (Å²) in [5, 5.41) is 0.0910. The number of carbonyl (C=O) groups excluding carboxylic acids is 2. The summed E-state index contributed by atoms with van der Waals surface area (Å²) in [7, 11) is -1.92. The van der Waals surface area contributed by atoms with Gasteiger partial charge in [-0.2, -0.15) is 0 Å². The highest BCUT2D eigenvalue weighted by atomic mass is 28.4. The Morgan fingerprint density at radius 3 is 2.47 bits per heavy atom. The SMILES string of the molecule is CC(C)(C)[Si](C)(C)OC1CN(C(=O)c2cc(C=C3OC(=O)c4ccccc43)ccc2F)C1. The predicted octanol–water partition coefficient (Wildman–Crippen LogP) is 5.34. The van der Waals surface area contributed by atoms with Crippen molar-refractivity contribution in [3.8, 4) is 0 Å². The van der Waals surface area contributed by atoms with Gasteiger partial charge in [0, 0.05) is 18.7 Å². The van der Waals surface area contributed by atoms with Gasteiger partial charge in [-0.25, -0.2) is 9.18 Å². The van der Waals surface area contributed by atoms with Crippen molar-refractivity contribution < 1.29 is 23.1 Å². The minimum atomic E-state index is -1.92. The van der Waals surface area contributed by atoms with Crippen LogP contribution in [0.1, 0.15) is 52.6 Å². The summed E-state index contributed by atoms with van der Waals surface area (Å²) < 4.78 is 26.2. The molecule has 0 spiro atoms. The molecule has 32 heavy (non-hydrogen) atoms. The molecule has 2 aromatic carbocycles. The molecule has 7 heteroatoms. The average Bonchev–Trinajstić information content (AvgIpc) is 3.00. The van der Waals surface area contributed by atoms with Crippen molar-refractivity contribution in [2.24, 2.45) is 0 Å². The zero-order chi connectivity index (χ0) is 23.3. The van der Waals surface area contributed by atoms with E-state index in [0.29, 0.717) is 35.5 Å². The van der Waals surface area contributed by atoms with Gasteiger partial charge in [0.2, 0.25) is 0 Å². The van der Waals surface area contributed by atoms with E-state index >= 15 is 0 Å². The molecule has 0 unspecified atom stereocenters. The second-order valence-electron chi connectivity index (χ2n) is 9.89. The van der Waals surface area contributed by atoms with Gasteiger partial charge in [-0.05, 0) is 48.0 Å². The van der Waals surface area contributed by atoms with E-state index in [1.807, 2.05) is 6.07 Å². The van der Waals surface area contributed by atoms with E-state index in [0.717, 1.165) is 0 Å². The van der Waals surface area contributed by atoms with Gasteiger partial charge < -0.3 is 14.1 Å². The Morgan fingerprint density at radius 2 is 1.81 bits per heavy atom. The Hall–Kier alpha value is -2.77. The van der Waals surface area contributed by atoms with Gasteiger partial charge in [0.05, 0.1) is 17.2 Å². The second kappa shape index (κ2) is 7.97. The maximum atomic E-state index is 14.5. The van der Waals surface area contributed by atoms with Crippen LogP contribution in [0.25, 0.3) is 11.8 Å². The van der Waals surface area contributed by atoms with E-state index < -0.39 is 20.1 Å². The third kappa shape index (κ3) is 4.14. The zero-order valence-corrected chi connectivity index (χ0v) is 20.1. The molecule has 1 saturated heterocycles. The summed E-state index contributed by atoms with van der Waals surface area (Å²) in [5.74, 6) is -0.961. The molecule has 2 aliphatic rings. The van der Waals surface area contributed by atoms with E-state index in [9.17, 15) is 14.0 Å². The van der Waals surface area contributed by atoms with Gasteiger partial charge in [-0.3, -0.25) is 4.79 Å². The van der Waals surface area contributed by atoms with Crippen LogP contribution < -0.4 is 0 Å². The van der Waals surface area contributed by atoms with E-state index in [2.05, 4.69) is 33.9 Å². The Kier molecular flexibility index (Phi) is 5.59. The monoisotopic (exact) mass is 453 g/mol. The summed E-state index contributed by atoms with van der Waals surface area (Å²) in [5.41, 5.74) is 1.76. The molecule has 1 amide bonds. The molecule has 1 fully saturated rings. The standard InChI is InChI=1S/C25H28FNO4Si/c1-25(2,3)32(4,5)31-17-14-27(15-17)23(28)20-12-16(10-11-21(20)26)13-22-18-8-6-7-9-19(18)24(29)30-22/h6-13,17H,14-15H2,1-5H3. The summed E-state index contributed by atoms with van der Waals surface area (Å²) >= 11 is 0. The molecule has 4 rings (SSSR count). The Morgan fingerprint density at radius 1 is 1.16 bits per heavy atom. The summed E-state index contributed by atoms with van der Waals surface area (Å²) in [6.07, 6.45) is 1.64. The smallest absolute Gasteiger partial charge is 0.344 e. The predicted molar refractivity (Wildman–Crippen MR) is 124 cm³/mol. The van der Waals surface area contributed by atoms with Crippen LogP contribution in [0.2, 0.25) is 18.1 Å². The van der Waals surface area contributed by atoms with Crippen molar-refractivity contribution in [3.05, 3.63) is 70.5 Å². The van der Waals surface area contributed by atoms with E-state index in [1.54, 1.807) is 35.2 Å². The van der Waals surface area contributed by atoms with Crippen LogP contribution in [0.3, 0.4) is 0 Å². The number of nitrogens with zero attached hydrogens (tertiary/aromatic N) is 1. The van der Waals surface area contributed by atoms with Crippen molar-refractivity contribution in [1.29, 1.82) is 0 Å². The number of cyclic esters (lactones) is 1. The zero-order valence-electron chi connectivity index (χ0n) is 19.1. The molecular weight excluding hydrogens is 425 g/mol. The van der Waals surface area contributed by atoms with Crippen LogP contribution in [0.15, 0.2) is 42.5 Å². The van der Waals surface area contributed by atoms with Gasteiger partial charge in [0.1, 0.15) is 11.6 Å². The number of hydrogen-bond donors (Lipinski definition) is 0. The lowest BCUT2D eigenvalue weighted by Gasteiger charge is -2.46. The molecule has 0 aromatic heterocycles. The number of esters is 1. The fourth-order valence-corrected chi connectivity index (χ4v) is 4.92. The minimum Gasteiger partial charge on any atom is -0.422 e. The summed E-state index contributed by atoms with van der Waals surface area (Å²) in [6, 6.07) is 11.4. The lowest BCUT2D eigenvalue weighted by molar-refractivity contribution is 0.0115. The van der Waals surface area contributed by atoms with Gasteiger partial charge >= 0.3 is 5.97 Å². The number of likely N-dealkylation sites (tertiary alicyclic amines) is 1. The number of hydrogen-bond acceptors (Lipinski definition) is 4. The Balaban J connectivity index is 1.49. The molecular formula is C25H28FNO4Si. The van der Waals surface area contributed by atoms with Crippen LogP contribution in [-0.2, 0) is 9.16 Å². The molecule has 0 bridgehead atoms. The first-order valence-corrected chi connectivity index (χ1v) is 13.7.